The topological polar surface area (TPSA) is 66.8 Å². The molecule has 29 heavy (non-hydrogen) atoms. The van der Waals surface area contributed by atoms with Crippen LogP contribution in [0.25, 0.3) is 0 Å². The number of rotatable bonds is 6. The van der Waals surface area contributed by atoms with E-state index in [4.69, 9.17) is 9.73 Å². The Kier molecular flexibility index (Phi) is 6.14. The van der Waals surface area contributed by atoms with Gasteiger partial charge in [-0.05, 0) is 38.0 Å². The molecule has 0 spiro atoms. The number of hydrogen-bond donors (Lipinski definition) is 1. The zero-order chi connectivity index (χ0) is 20.1. The van der Waals surface area contributed by atoms with Crippen LogP contribution in [-0.4, -0.2) is 34.0 Å². The van der Waals surface area contributed by atoms with Gasteiger partial charge in [0, 0.05) is 36.2 Å². The number of aromatic nitrogens is 1. The van der Waals surface area contributed by atoms with E-state index >= 15 is 0 Å². The van der Waals surface area contributed by atoms with Gasteiger partial charge >= 0.3 is 0 Å². The van der Waals surface area contributed by atoms with E-state index in [0.29, 0.717) is 23.9 Å². The summed E-state index contributed by atoms with van der Waals surface area (Å²) < 4.78 is 6.11. The van der Waals surface area contributed by atoms with Crippen LogP contribution in [0.15, 0.2) is 64.3 Å². The normalized spacial score (nSPS) is 18.0. The number of likely N-dealkylation sites (tertiary alicyclic amines) is 1. The second-order valence-electron chi connectivity index (χ2n) is 7.05. The van der Waals surface area contributed by atoms with E-state index in [2.05, 4.69) is 16.4 Å². The van der Waals surface area contributed by atoms with Gasteiger partial charge in [-0.15, -0.1) is 11.8 Å². The first-order chi connectivity index (χ1) is 14.2. The highest BCUT2D eigenvalue weighted by Crippen LogP contribution is 2.34. The minimum atomic E-state index is 0.223. The summed E-state index contributed by atoms with van der Waals surface area (Å²) in [6.45, 7) is 2.86. The summed E-state index contributed by atoms with van der Waals surface area (Å²) in [4.78, 5) is 24.0. The second kappa shape index (κ2) is 9.13. The lowest BCUT2D eigenvalue weighted by atomic mass is 10.2. The van der Waals surface area contributed by atoms with Gasteiger partial charge in [0.25, 0.3) is 0 Å². The quantitative estimate of drug-likeness (QED) is 0.691. The number of hydrogen-bond acceptors (Lipinski definition) is 5. The minimum absolute atomic E-state index is 0.223. The standard InChI is InChI=1S/C22H24N4O2S/c1-16-7-5-10-20(24-16)25-22-19(28-17-8-3-2-4-9-17)13-18(14-23-22)29-15-26-12-6-11-21(26)27/h2-4,7-9,13-14H,5-6,10-12,15H2,1H3,(H,23,24,25). The summed E-state index contributed by atoms with van der Waals surface area (Å²) in [6.07, 6.45) is 7.36. The van der Waals surface area contributed by atoms with Gasteiger partial charge in [-0.1, -0.05) is 24.3 Å². The molecule has 4 rings (SSSR count). The van der Waals surface area contributed by atoms with Crippen LogP contribution < -0.4 is 10.1 Å². The van der Waals surface area contributed by atoms with E-state index in [0.717, 1.165) is 48.0 Å². The molecule has 0 unspecified atom stereocenters. The van der Waals surface area contributed by atoms with E-state index in [1.165, 1.54) is 0 Å². The van der Waals surface area contributed by atoms with Gasteiger partial charge in [0.1, 0.15) is 11.6 Å². The minimum Gasteiger partial charge on any atom is -0.453 e. The highest BCUT2D eigenvalue weighted by Gasteiger charge is 2.20. The SMILES string of the molecule is CC1=CCCC(=Nc2ncc(SCN3CCCC3=O)cc2Oc2ccccc2)N1. The summed E-state index contributed by atoms with van der Waals surface area (Å²) in [5.74, 6) is 3.63. The summed E-state index contributed by atoms with van der Waals surface area (Å²) >= 11 is 1.59. The summed E-state index contributed by atoms with van der Waals surface area (Å²) in [5.41, 5.74) is 1.10. The molecule has 0 radical (unpaired) electrons. The molecular formula is C22H24N4O2S. The zero-order valence-electron chi connectivity index (χ0n) is 16.4. The molecule has 150 valence electrons. The molecule has 1 aromatic carbocycles. The van der Waals surface area contributed by atoms with E-state index in [1.54, 1.807) is 18.0 Å². The van der Waals surface area contributed by atoms with Crippen molar-refractivity contribution < 1.29 is 9.53 Å². The predicted molar refractivity (Wildman–Crippen MR) is 116 cm³/mol. The van der Waals surface area contributed by atoms with E-state index in [1.807, 2.05) is 48.2 Å². The molecule has 2 aliphatic rings. The maximum Gasteiger partial charge on any atom is 0.223 e. The van der Waals surface area contributed by atoms with Crippen molar-refractivity contribution in [2.24, 2.45) is 4.99 Å². The van der Waals surface area contributed by atoms with Gasteiger partial charge in [-0.3, -0.25) is 4.79 Å². The smallest absolute Gasteiger partial charge is 0.223 e. The molecule has 1 aromatic heterocycles. The second-order valence-corrected chi connectivity index (χ2v) is 8.07. The molecule has 1 N–H and O–H groups in total. The Labute approximate surface area is 175 Å². The third kappa shape index (κ3) is 5.17. The third-order valence-electron chi connectivity index (χ3n) is 4.75. The Bertz CT molecular complexity index is 943. The lowest BCUT2D eigenvalue weighted by molar-refractivity contribution is -0.126. The fraction of sp³-hybridized carbons (Fsp3) is 0.318. The monoisotopic (exact) mass is 408 g/mol. The summed E-state index contributed by atoms with van der Waals surface area (Å²) in [7, 11) is 0. The number of amidine groups is 1. The van der Waals surface area contributed by atoms with Crippen LogP contribution in [-0.2, 0) is 4.79 Å². The molecule has 1 amide bonds. The lowest BCUT2D eigenvalue weighted by Crippen LogP contribution is -2.24. The maximum atomic E-state index is 11.8. The number of allylic oxidation sites excluding steroid dienone is 2. The van der Waals surface area contributed by atoms with Crippen LogP contribution in [0.2, 0.25) is 0 Å². The molecular weight excluding hydrogens is 384 g/mol. The van der Waals surface area contributed by atoms with Crippen LogP contribution in [0.1, 0.15) is 32.6 Å². The van der Waals surface area contributed by atoms with Crippen LogP contribution in [0.4, 0.5) is 5.82 Å². The number of nitrogens with zero attached hydrogens (tertiary/aromatic N) is 3. The van der Waals surface area contributed by atoms with Crippen molar-refractivity contribution in [1.29, 1.82) is 0 Å². The number of pyridine rings is 1. The van der Waals surface area contributed by atoms with Gasteiger partial charge in [-0.2, -0.15) is 0 Å². The van der Waals surface area contributed by atoms with Crippen molar-refractivity contribution in [2.45, 2.75) is 37.5 Å². The van der Waals surface area contributed by atoms with Gasteiger partial charge in [-0.25, -0.2) is 9.98 Å². The fourth-order valence-corrected chi connectivity index (χ4v) is 4.14. The Morgan fingerprint density at radius 1 is 1.28 bits per heavy atom. The van der Waals surface area contributed by atoms with Crippen molar-refractivity contribution in [1.82, 2.24) is 15.2 Å². The molecule has 7 heteroatoms. The molecule has 3 heterocycles. The van der Waals surface area contributed by atoms with E-state index in [9.17, 15) is 4.79 Å². The number of thioether (sulfide) groups is 1. The molecule has 2 aliphatic heterocycles. The van der Waals surface area contributed by atoms with Crippen molar-refractivity contribution in [3.05, 3.63) is 54.4 Å². The number of aliphatic imine (C=N–C) groups is 1. The summed E-state index contributed by atoms with van der Waals surface area (Å²) in [5, 5.41) is 3.30. The van der Waals surface area contributed by atoms with Crippen molar-refractivity contribution in [2.75, 3.05) is 12.4 Å². The molecule has 6 nitrogen and oxygen atoms in total. The van der Waals surface area contributed by atoms with Crippen LogP contribution in [0, 0.1) is 0 Å². The van der Waals surface area contributed by atoms with Crippen LogP contribution >= 0.6 is 11.8 Å². The first-order valence-electron chi connectivity index (χ1n) is 9.82. The summed E-state index contributed by atoms with van der Waals surface area (Å²) in [6, 6.07) is 11.6. The first kappa shape index (κ1) is 19.5. The Balaban J connectivity index is 1.57. The van der Waals surface area contributed by atoms with Gasteiger partial charge in [0.15, 0.2) is 11.6 Å². The number of benzene rings is 1. The Morgan fingerprint density at radius 3 is 2.90 bits per heavy atom. The Hall–Kier alpha value is -2.80. The van der Waals surface area contributed by atoms with Crippen LogP contribution in [0.5, 0.6) is 11.5 Å². The Morgan fingerprint density at radius 2 is 2.14 bits per heavy atom. The van der Waals surface area contributed by atoms with Crippen molar-refractivity contribution >= 4 is 29.3 Å². The highest BCUT2D eigenvalue weighted by molar-refractivity contribution is 7.99. The first-order valence-corrected chi connectivity index (χ1v) is 10.8. The number of ether oxygens (including phenoxy) is 1. The molecule has 2 aromatic rings. The molecule has 0 aliphatic carbocycles. The van der Waals surface area contributed by atoms with E-state index < -0.39 is 0 Å². The molecule has 1 fully saturated rings. The average molecular weight is 409 g/mol. The van der Waals surface area contributed by atoms with Gasteiger partial charge < -0.3 is 15.0 Å². The molecule has 0 bridgehead atoms. The third-order valence-corrected chi connectivity index (χ3v) is 5.75. The number of nitrogens with one attached hydrogen (secondary N) is 1. The predicted octanol–water partition coefficient (Wildman–Crippen LogP) is 4.86. The number of carbonyl (C=O) groups is 1. The van der Waals surface area contributed by atoms with Gasteiger partial charge in [0.05, 0.1) is 5.88 Å². The van der Waals surface area contributed by atoms with Crippen molar-refractivity contribution in [3.8, 4) is 11.5 Å². The largest absolute Gasteiger partial charge is 0.453 e. The van der Waals surface area contributed by atoms with E-state index in [-0.39, 0.29) is 5.91 Å². The number of carbonyl (C=O) groups excluding carboxylic acids is 1. The highest BCUT2D eigenvalue weighted by atomic mass is 32.2. The lowest BCUT2D eigenvalue weighted by Gasteiger charge is -2.17. The molecule has 0 saturated carbocycles. The van der Waals surface area contributed by atoms with Crippen molar-refractivity contribution in [3.63, 3.8) is 0 Å². The maximum absolute atomic E-state index is 11.8. The zero-order valence-corrected chi connectivity index (χ0v) is 17.2. The average Bonchev–Trinajstić information content (AvgIpc) is 3.14. The number of amides is 1. The fourth-order valence-electron chi connectivity index (χ4n) is 3.24. The van der Waals surface area contributed by atoms with Gasteiger partial charge in [0.2, 0.25) is 5.91 Å². The number of para-hydroxylation sites is 1. The molecule has 0 atom stereocenters. The van der Waals surface area contributed by atoms with Crippen LogP contribution in [0.3, 0.4) is 0 Å². The molecule has 1 saturated heterocycles.